The van der Waals surface area contributed by atoms with Gasteiger partial charge in [0, 0.05) is 33.4 Å². The molecule has 0 aliphatic rings. The van der Waals surface area contributed by atoms with Crippen LogP contribution >= 0.6 is 0 Å². The molecule has 0 aliphatic carbocycles. The fraction of sp³-hybridized carbons (Fsp3) is 0.923. The van der Waals surface area contributed by atoms with Crippen molar-refractivity contribution in [1.82, 2.24) is 10.6 Å². The Balaban J connectivity index is 3.80. The number of carbonyl (C=O) groups is 1. The molecule has 0 heterocycles. The van der Waals surface area contributed by atoms with E-state index in [4.69, 9.17) is 14.2 Å². The van der Waals surface area contributed by atoms with Crippen LogP contribution in [0.2, 0.25) is 0 Å². The molecule has 1 amide bonds. The molecule has 0 rings (SSSR count). The molecule has 0 saturated carbocycles. The number of nitrogens with one attached hydrogen (secondary N) is 2. The number of hydrogen-bond donors (Lipinski definition) is 2. The Morgan fingerprint density at radius 2 is 1.84 bits per heavy atom. The molecule has 0 aromatic rings. The molecular formula is C13H28N2O4. The number of methoxy groups -OCH3 is 2. The summed E-state index contributed by atoms with van der Waals surface area (Å²) in [7, 11) is 3.29. The summed E-state index contributed by atoms with van der Waals surface area (Å²) in [5, 5.41) is 5.98. The van der Waals surface area contributed by atoms with Gasteiger partial charge in [-0.05, 0) is 27.7 Å². The highest BCUT2D eigenvalue weighted by atomic mass is 16.6. The number of rotatable bonds is 8. The van der Waals surface area contributed by atoms with E-state index in [0.717, 1.165) is 0 Å². The van der Waals surface area contributed by atoms with E-state index < -0.39 is 11.7 Å². The van der Waals surface area contributed by atoms with Crippen LogP contribution in [-0.4, -0.2) is 57.8 Å². The average molecular weight is 276 g/mol. The van der Waals surface area contributed by atoms with Gasteiger partial charge in [-0.2, -0.15) is 0 Å². The Bertz CT molecular complexity index is 254. The van der Waals surface area contributed by atoms with Crippen LogP contribution in [0.15, 0.2) is 0 Å². The fourth-order valence-electron chi connectivity index (χ4n) is 1.35. The minimum Gasteiger partial charge on any atom is -0.444 e. The van der Waals surface area contributed by atoms with Crippen molar-refractivity contribution < 1.29 is 19.0 Å². The van der Waals surface area contributed by atoms with Gasteiger partial charge in [0.25, 0.3) is 0 Å². The van der Waals surface area contributed by atoms with Crippen molar-refractivity contribution in [3.05, 3.63) is 0 Å². The highest BCUT2D eigenvalue weighted by molar-refractivity contribution is 5.67. The van der Waals surface area contributed by atoms with E-state index in [1.165, 1.54) is 0 Å². The molecule has 114 valence electrons. The maximum atomic E-state index is 11.5. The molecule has 0 spiro atoms. The van der Waals surface area contributed by atoms with Gasteiger partial charge in [0.15, 0.2) is 0 Å². The molecule has 0 radical (unpaired) electrons. The van der Waals surface area contributed by atoms with Gasteiger partial charge in [0.05, 0.1) is 12.7 Å². The third-order valence-electron chi connectivity index (χ3n) is 2.33. The van der Waals surface area contributed by atoms with Crippen LogP contribution in [0.3, 0.4) is 0 Å². The largest absolute Gasteiger partial charge is 0.444 e. The number of amides is 1. The van der Waals surface area contributed by atoms with Crippen molar-refractivity contribution in [3.8, 4) is 0 Å². The zero-order valence-electron chi connectivity index (χ0n) is 12.9. The summed E-state index contributed by atoms with van der Waals surface area (Å²) in [5.41, 5.74) is -0.472. The molecule has 0 saturated heterocycles. The van der Waals surface area contributed by atoms with Crippen LogP contribution in [0.25, 0.3) is 0 Å². The second-order valence-electron chi connectivity index (χ2n) is 5.51. The quantitative estimate of drug-likeness (QED) is 0.696. The maximum absolute atomic E-state index is 11.5. The second-order valence-corrected chi connectivity index (χ2v) is 5.51. The molecule has 0 aliphatic heterocycles. The van der Waals surface area contributed by atoms with Gasteiger partial charge >= 0.3 is 6.09 Å². The van der Waals surface area contributed by atoms with Crippen LogP contribution in [0.1, 0.15) is 27.7 Å². The van der Waals surface area contributed by atoms with Gasteiger partial charge < -0.3 is 24.8 Å². The van der Waals surface area contributed by atoms with E-state index in [2.05, 4.69) is 10.6 Å². The van der Waals surface area contributed by atoms with Crippen molar-refractivity contribution in [3.63, 3.8) is 0 Å². The molecule has 0 fully saturated rings. The first-order chi connectivity index (χ1) is 8.78. The first-order valence-corrected chi connectivity index (χ1v) is 6.50. The van der Waals surface area contributed by atoms with E-state index in [1.807, 2.05) is 27.7 Å². The van der Waals surface area contributed by atoms with Crippen molar-refractivity contribution in [1.29, 1.82) is 0 Å². The first-order valence-electron chi connectivity index (χ1n) is 6.50. The lowest BCUT2D eigenvalue weighted by molar-refractivity contribution is 0.0274. The van der Waals surface area contributed by atoms with Crippen LogP contribution in [0.5, 0.6) is 0 Å². The average Bonchev–Trinajstić information content (AvgIpc) is 2.29. The molecule has 0 bridgehead atoms. The Morgan fingerprint density at radius 1 is 1.21 bits per heavy atom. The Morgan fingerprint density at radius 3 is 2.32 bits per heavy atom. The molecule has 6 heteroatoms. The number of alkyl carbamates (subject to hydrolysis) is 1. The van der Waals surface area contributed by atoms with E-state index in [1.54, 1.807) is 14.2 Å². The third kappa shape index (κ3) is 10.7. The van der Waals surface area contributed by atoms with E-state index in [-0.39, 0.29) is 12.1 Å². The number of ether oxygens (including phenoxy) is 3. The summed E-state index contributed by atoms with van der Waals surface area (Å²) in [4.78, 5) is 11.5. The molecule has 2 N–H and O–H groups in total. The van der Waals surface area contributed by atoms with Crippen molar-refractivity contribution in [2.75, 3.05) is 33.9 Å². The van der Waals surface area contributed by atoms with Gasteiger partial charge in [0.1, 0.15) is 5.60 Å². The van der Waals surface area contributed by atoms with Crippen molar-refractivity contribution >= 4 is 6.09 Å². The number of carbonyl (C=O) groups excluding carboxylic acids is 1. The molecule has 0 aromatic heterocycles. The summed E-state index contributed by atoms with van der Waals surface area (Å²) in [5.74, 6) is 0. The molecule has 6 nitrogen and oxygen atoms in total. The predicted octanol–water partition coefficient (Wildman–Crippen LogP) is 1.15. The SMILES string of the molecule is COCC(CNC(C)CNC(=O)OC(C)(C)C)OC. The maximum Gasteiger partial charge on any atom is 0.407 e. The van der Waals surface area contributed by atoms with Gasteiger partial charge in [-0.3, -0.25) is 0 Å². The molecule has 0 aromatic carbocycles. The number of hydrogen-bond acceptors (Lipinski definition) is 5. The lowest BCUT2D eigenvalue weighted by Crippen LogP contribution is -2.44. The van der Waals surface area contributed by atoms with E-state index >= 15 is 0 Å². The molecule has 2 unspecified atom stereocenters. The minimum absolute atomic E-state index is 0.00831. The van der Waals surface area contributed by atoms with Crippen LogP contribution in [0, 0.1) is 0 Å². The Labute approximate surface area is 116 Å². The first kappa shape index (κ1) is 18.1. The summed E-state index contributed by atoms with van der Waals surface area (Å²) in [6.45, 7) is 9.19. The third-order valence-corrected chi connectivity index (χ3v) is 2.33. The van der Waals surface area contributed by atoms with Gasteiger partial charge in [-0.25, -0.2) is 4.79 Å². The molecule has 2 atom stereocenters. The Kier molecular flexibility index (Phi) is 8.71. The topological polar surface area (TPSA) is 68.8 Å². The van der Waals surface area contributed by atoms with Crippen molar-refractivity contribution in [2.24, 2.45) is 0 Å². The summed E-state index contributed by atoms with van der Waals surface area (Å²) < 4.78 is 15.4. The van der Waals surface area contributed by atoms with Crippen LogP contribution in [-0.2, 0) is 14.2 Å². The highest BCUT2D eigenvalue weighted by Crippen LogP contribution is 2.06. The van der Waals surface area contributed by atoms with E-state index in [0.29, 0.717) is 19.7 Å². The van der Waals surface area contributed by atoms with Crippen LogP contribution < -0.4 is 10.6 Å². The second kappa shape index (κ2) is 9.12. The summed E-state index contributed by atoms with van der Waals surface area (Å²) >= 11 is 0. The monoisotopic (exact) mass is 276 g/mol. The lowest BCUT2D eigenvalue weighted by atomic mass is 10.2. The predicted molar refractivity (Wildman–Crippen MR) is 74.4 cm³/mol. The normalized spacial score (nSPS) is 14.8. The highest BCUT2D eigenvalue weighted by Gasteiger charge is 2.16. The molecule has 19 heavy (non-hydrogen) atoms. The van der Waals surface area contributed by atoms with E-state index in [9.17, 15) is 4.79 Å². The van der Waals surface area contributed by atoms with Gasteiger partial charge in [-0.15, -0.1) is 0 Å². The standard InChI is InChI=1S/C13H28N2O4/c1-10(14-8-11(18-6)9-17-5)7-15-12(16)19-13(2,3)4/h10-11,14H,7-9H2,1-6H3,(H,15,16). The summed E-state index contributed by atoms with van der Waals surface area (Å²) in [6, 6.07) is 0.127. The van der Waals surface area contributed by atoms with Gasteiger partial charge in [-0.1, -0.05) is 0 Å². The zero-order valence-corrected chi connectivity index (χ0v) is 12.9. The minimum atomic E-state index is -0.472. The summed E-state index contributed by atoms with van der Waals surface area (Å²) in [6.07, 6.45) is -0.393. The zero-order chi connectivity index (χ0) is 14.9. The fourth-order valence-corrected chi connectivity index (χ4v) is 1.35. The smallest absolute Gasteiger partial charge is 0.407 e. The molecular weight excluding hydrogens is 248 g/mol. The Hall–Kier alpha value is -0.850. The van der Waals surface area contributed by atoms with Crippen molar-refractivity contribution in [2.45, 2.75) is 45.4 Å². The lowest BCUT2D eigenvalue weighted by Gasteiger charge is -2.22. The van der Waals surface area contributed by atoms with Gasteiger partial charge in [0.2, 0.25) is 0 Å². The van der Waals surface area contributed by atoms with Crippen LogP contribution in [0.4, 0.5) is 4.79 Å².